The van der Waals surface area contributed by atoms with Crippen molar-refractivity contribution in [1.82, 2.24) is 10.0 Å². The van der Waals surface area contributed by atoms with E-state index in [2.05, 4.69) is 15.0 Å². The molecule has 2 aliphatic heterocycles. The van der Waals surface area contributed by atoms with Gasteiger partial charge in [0.05, 0.1) is 10.00 Å². The van der Waals surface area contributed by atoms with Crippen LogP contribution < -0.4 is 15.8 Å². The number of anilines is 1. The van der Waals surface area contributed by atoms with Gasteiger partial charge in [-0.15, -0.1) is 0 Å². The van der Waals surface area contributed by atoms with E-state index in [0.717, 1.165) is 0 Å². The summed E-state index contributed by atoms with van der Waals surface area (Å²) >= 11 is 0. The van der Waals surface area contributed by atoms with Gasteiger partial charge in [0.2, 0.25) is 0 Å². The van der Waals surface area contributed by atoms with E-state index in [0.29, 0.717) is 18.7 Å². The molecule has 9 heteroatoms. The number of rotatable bonds is 1. The first-order chi connectivity index (χ1) is 11.5. The molecule has 1 fully saturated rings. The first kappa shape index (κ1) is 18.0. The summed E-state index contributed by atoms with van der Waals surface area (Å²) in [6.07, 6.45) is -0.675. The van der Waals surface area contributed by atoms with E-state index in [1.165, 1.54) is 18.2 Å². The summed E-state index contributed by atoms with van der Waals surface area (Å²) < 4.78 is 28.3. The second kappa shape index (κ2) is 5.58. The average molecular weight is 370 g/mol. The number of halogens is 1. The van der Waals surface area contributed by atoms with Gasteiger partial charge in [-0.25, -0.2) is 9.18 Å². The smallest absolute Gasteiger partial charge is 0.410 e. The van der Waals surface area contributed by atoms with Gasteiger partial charge in [0.1, 0.15) is 17.2 Å². The number of fused-ring (bicyclic) bond motifs is 1. The molecule has 3 atom stereocenters. The average Bonchev–Trinajstić information content (AvgIpc) is 2.92. The van der Waals surface area contributed by atoms with Gasteiger partial charge in [0.15, 0.2) is 0 Å². The fraction of sp³-hybridized carbons (Fsp3) is 0.500. The van der Waals surface area contributed by atoms with Crippen LogP contribution >= 0.6 is 10.5 Å². The second-order valence-electron chi connectivity index (χ2n) is 7.09. The highest BCUT2D eigenvalue weighted by molar-refractivity contribution is 8.29. The Morgan fingerprint density at radius 2 is 2.16 bits per heavy atom. The molecule has 1 aromatic rings. The number of amidine groups is 1. The number of amides is 1. The molecule has 0 radical (unpaired) electrons. The van der Waals surface area contributed by atoms with Gasteiger partial charge < -0.3 is 15.4 Å². The number of carbonyl (C=O) groups is 1. The van der Waals surface area contributed by atoms with Crippen molar-refractivity contribution in [2.75, 3.05) is 12.3 Å². The first-order valence-electron chi connectivity index (χ1n) is 7.97. The highest BCUT2D eigenvalue weighted by Gasteiger charge is 2.61. The van der Waals surface area contributed by atoms with E-state index < -0.39 is 32.7 Å². The lowest BCUT2D eigenvalue weighted by atomic mass is 9.86. The van der Waals surface area contributed by atoms with Crippen molar-refractivity contribution in [1.29, 1.82) is 0 Å². The zero-order valence-corrected chi connectivity index (χ0v) is 15.2. The van der Waals surface area contributed by atoms with Crippen LogP contribution in [0.25, 0.3) is 0 Å². The third-order valence-corrected chi connectivity index (χ3v) is 9.13. The van der Waals surface area contributed by atoms with Gasteiger partial charge in [0, 0.05) is 17.8 Å². The van der Waals surface area contributed by atoms with Crippen molar-refractivity contribution in [3.63, 3.8) is 0 Å². The molecular weight excluding hydrogens is 347 g/mol. The highest BCUT2D eigenvalue weighted by Crippen LogP contribution is 2.67. The van der Waals surface area contributed by atoms with Gasteiger partial charge >= 0.3 is 6.09 Å². The minimum atomic E-state index is -2.52. The lowest BCUT2D eigenvalue weighted by Gasteiger charge is -2.56. The number of nitrogens with zero attached hydrogens (tertiary/aromatic N) is 1. The van der Waals surface area contributed by atoms with Crippen molar-refractivity contribution < 1.29 is 18.8 Å². The molecule has 0 spiro atoms. The molecule has 6 N–H and O–H groups in total. The van der Waals surface area contributed by atoms with Crippen LogP contribution in [0.2, 0.25) is 0 Å². The molecule has 2 heterocycles. The van der Waals surface area contributed by atoms with Crippen molar-refractivity contribution in [3.8, 4) is 0 Å². The van der Waals surface area contributed by atoms with Crippen molar-refractivity contribution in [2.45, 2.75) is 42.7 Å². The lowest BCUT2D eigenvalue weighted by Crippen LogP contribution is -2.59. The number of carboxylic acid groups (broad SMARTS) is 1. The Labute approximate surface area is 147 Å². The number of benzene rings is 1. The maximum Gasteiger partial charge on any atom is 0.410 e. The quantitative estimate of drug-likeness (QED) is 0.487. The van der Waals surface area contributed by atoms with Crippen LogP contribution in [0, 0.1) is 5.82 Å². The molecule has 0 saturated carbocycles. The Morgan fingerprint density at radius 1 is 1.48 bits per heavy atom. The van der Waals surface area contributed by atoms with Crippen LogP contribution in [0.15, 0.2) is 23.2 Å². The minimum Gasteiger partial charge on any atom is -0.465 e. The summed E-state index contributed by atoms with van der Waals surface area (Å²) in [6, 6.07) is 4.24. The summed E-state index contributed by atoms with van der Waals surface area (Å²) in [5.41, 5.74) is 5.34. The Kier molecular flexibility index (Phi) is 4.01. The first-order valence-corrected chi connectivity index (χ1v) is 9.62. The van der Waals surface area contributed by atoms with Crippen LogP contribution in [-0.4, -0.2) is 38.1 Å². The summed E-state index contributed by atoms with van der Waals surface area (Å²) in [6.45, 7) is 5.77. The number of hydrogen-bond acceptors (Lipinski definition) is 5. The third kappa shape index (κ3) is 2.49. The predicted octanol–water partition coefficient (Wildman–Crippen LogP) is 2.64. The van der Waals surface area contributed by atoms with Crippen LogP contribution in [0.4, 0.5) is 14.9 Å². The number of aliphatic imine (C=N–C) groups is 1. The molecule has 1 unspecified atom stereocenters. The molecular formula is C16H23FN4O3S. The Morgan fingerprint density at radius 3 is 2.80 bits per heavy atom. The van der Waals surface area contributed by atoms with E-state index in [1.807, 2.05) is 0 Å². The van der Waals surface area contributed by atoms with E-state index in [9.17, 15) is 18.8 Å². The summed E-state index contributed by atoms with van der Waals surface area (Å²) in [4.78, 5) is 15.9. The standard InChI is InChI=1S/C16H23FN4O3S/c1-15(2)13(20-14(22)23)21-16(3,12-6-7-19-25(12,15)24)10-8-9(18)4-5-11(10)17/h4-5,8,12,19,24H,6-7,18H2,1-3H3,(H,20,21)(H,22,23)/t12-,16-/m1/s1. The number of nitrogens with one attached hydrogen (secondary N) is 2. The van der Waals surface area contributed by atoms with Gasteiger partial charge in [-0.3, -0.25) is 15.0 Å². The Balaban J connectivity index is 2.27. The maximum absolute atomic E-state index is 14.6. The number of hydrogen-bond donors (Lipinski definition) is 5. The van der Waals surface area contributed by atoms with Gasteiger partial charge in [-0.2, -0.15) is 0 Å². The predicted molar refractivity (Wildman–Crippen MR) is 97.5 cm³/mol. The number of nitrogen functional groups attached to an aromatic ring is 1. The zero-order valence-electron chi connectivity index (χ0n) is 14.3. The Hall–Kier alpha value is -1.84. The SMILES string of the molecule is CC1(C)C(NC(=O)O)=N[C@](C)(c2cc(N)ccc2F)[C@H]2CCNS21O. The zero-order chi connectivity index (χ0) is 18.6. The molecule has 1 saturated heterocycles. The maximum atomic E-state index is 14.6. The fourth-order valence-corrected chi connectivity index (χ4v) is 7.19. The highest BCUT2D eigenvalue weighted by atomic mass is 32.3. The monoisotopic (exact) mass is 370 g/mol. The topological polar surface area (TPSA) is 120 Å². The third-order valence-electron chi connectivity index (χ3n) is 5.22. The van der Waals surface area contributed by atoms with Crippen LogP contribution in [-0.2, 0) is 5.54 Å². The van der Waals surface area contributed by atoms with E-state index in [4.69, 9.17) is 5.73 Å². The van der Waals surface area contributed by atoms with E-state index in [1.54, 1.807) is 20.8 Å². The van der Waals surface area contributed by atoms with Crippen molar-refractivity contribution in [3.05, 3.63) is 29.6 Å². The molecule has 0 aromatic heterocycles. The summed E-state index contributed by atoms with van der Waals surface area (Å²) in [7, 11) is -2.52. The molecule has 138 valence electrons. The van der Waals surface area contributed by atoms with Crippen molar-refractivity contribution >= 4 is 28.1 Å². The van der Waals surface area contributed by atoms with Gasteiger partial charge in [0.25, 0.3) is 0 Å². The van der Waals surface area contributed by atoms with E-state index >= 15 is 0 Å². The fourth-order valence-electron chi connectivity index (χ4n) is 3.80. The largest absolute Gasteiger partial charge is 0.465 e. The van der Waals surface area contributed by atoms with Crippen LogP contribution in [0.5, 0.6) is 0 Å². The summed E-state index contributed by atoms with van der Waals surface area (Å²) in [5, 5.41) is 11.1. The number of nitrogens with two attached hydrogens (primary N) is 1. The van der Waals surface area contributed by atoms with Crippen molar-refractivity contribution in [2.24, 2.45) is 4.99 Å². The Bertz CT molecular complexity index is 772. The van der Waals surface area contributed by atoms with E-state index in [-0.39, 0.29) is 16.6 Å². The second-order valence-corrected chi connectivity index (χ2v) is 10.2. The minimum absolute atomic E-state index is 0.118. The normalized spacial score (nSPS) is 36.0. The molecule has 3 rings (SSSR count). The molecule has 1 aromatic carbocycles. The van der Waals surface area contributed by atoms with Gasteiger partial charge in [-0.05, 0) is 45.4 Å². The van der Waals surface area contributed by atoms with Crippen LogP contribution in [0.3, 0.4) is 0 Å². The molecule has 25 heavy (non-hydrogen) atoms. The molecule has 7 nitrogen and oxygen atoms in total. The van der Waals surface area contributed by atoms with Crippen LogP contribution in [0.1, 0.15) is 32.8 Å². The van der Waals surface area contributed by atoms with Gasteiger partial charge in [-0.1, -0.05) is 10.5 Å². The lowest BCUT2D eigenvalue weighted by molar-refractivity contribution is 0.199. The molecule has 0 bridgehead atoms. The molecule has 0 aliphatic carbocycles. The molecule has 2 aliphatic rings. The molecule has 1 amide bonds. The summed E-state index contributed by atoms with van der Waals surface area (Å²) in [5.74, 6) is -0.365.